The quantitative estimate of drug-likeness (QED) is 0.632. The molecule has 0 saturated carbocycles. The molecule has 0 aliphatic rings. The highest BCUT2D eigenvalue weighted by atomic mass is 35.5. The van der Waals surface area contributed by atoms with Crippen LogP contribution in [0.4, 0.5) is 0 Å². The number of rotatable bonds is 6. The smallest absolute Gasteiger partial charge is 0.235 e. The Labute approximate surface area is 122 Å². The van der Waals surface area contributed by atoms with E-state index in [0.29, 0.717) is 5.56 Å². The number of aliphatic hydroxyl groups excluding tert-OH is 2. The highest BCUT2D eigenvalue weighted by Crippen LogP contribution is 2.19. The van der Waals surface area contributed by atoms with Gasteiger partial charge in [-0.3, -0.25) is 4.79 Å². The molecule has 2 atom stereocenters. The number of halogens is 1. The topological polar surface area (TPSA) is 104 Å². The summed E-state index contributed by atoms with van der Waals surface area (Å²) < 4.78 is 22.6. The summed E-state index contributed by atoms with van der Waals surface area (Å²) in [6.45, 7) is -0.475. The van der Waals surface area contributed by atoms with Crippen LogP contribution in [0.2, 0.25) is 0 Å². The van der Waals surface area contributed by atoms with Gasteiger partial charge in [-0.2, -0.15) is 0 Å². The first kappa shape index (κ1) is 16.9. The van der Waals surface area contributed by atoms with Crippen LogP contribution < -0.4 is 5.32 Å². The van der Waals surface area contributed by atoms with Crippen molar-refractivity contribution >= 4 is 27.3 Å². The third-order valence-corrected chi connectivity index (χ3v) is 4.07. The van der Waals surface area contributed by atoms with E-state index in [9.17, 15) is 23.4 Å². The first-order valence-electron chi connectivity index (χ1n) is 5.74. The molecular weight excluding hydrogens is 306 g/mol. The maximum atomic E-state index is 11.3. The fourth-order valence-electron chi connectivity index (χ4n) is 1.61. The summed E-state index contributed by atoms with van der Waals surface area (Å²) in [5.41, 5.74) is 0.381. The van der Waals surface area contributed by atoms with Crippen molar-refractivity contribution in [2.75, 3.05) is 18.7 Å². The van der Waals surface area contributed by atoms with Crippen LogP contribution in [0.25, 0.3) is 0 Å². The van der Waals surface area contributed by atoms with E-state index in [-0.39, 0.29) is 10.8 Å². The predicted molar refractivity (Wildman–Crippen MR) is 74.2 cm³/mol. The lowest BCUT2D eigenvalue weighted by Gasteiger charge is -2.22. The molecule has 1 aromatic rings. The molecule has 0 aliphatic heterocycles. The Morgan fingerprint density at radius 3 is 2.30 bits per heavy atom. The fourth-order valence-corrected chi connectivity index (χ4v) is 2.32. The van der Waals surface area contributed by atoms with E-state index in [1.54, 1.807) is 0 Å². The Kier molecular flexibility index (Phi) is 5.94. The second-order valence-corrected chi connectivity index (χ2v) is 6.56. The third kappa shape index (κ3) is 4.45. The van der Waals surface area contributed by atoms with Gasteiger partial charge in [0.25, 0.3) is 0 Å². The molecular formula is C12H16ClNO5S. The zero-order valence-corrected chi connectivity index (χ0v) is 12.4. The maximum Gasteiger partial charge on any atom is 0.235 e. The second-order valence-electron chi connectivity index (χ2n) is 4.28. The van der Waals surface area contributed by atoms with Gasteiger partial charge in [0.1, 0.15) is 12.0 Å². The van der Waals surface area contributed by atoms with E-state index in [1.807, 2.05) is 0 Å². The molecule has 0 aliphatic carbocycles. The van der Waals surface area contributed by atoms with Crippen LogP contribution in [0.5, 0.6) is 0 Å². The third-order valence-electron chi connectivity index (χ3n) is 2.70. The van der Waals surface area contributed by atoms with Crippen LogP contribution >= 0.6 is 11.6 Å². The average Bonchev–Trinajstić information content (AvgIpc) is 2.42. The zero-order valence-electron chi connectivity index (χ0n) is 10.8. The molecule has 8 heteroatoms. The van der Waals surface area contributed by atoms with Gasteiger partial charge in [-0.05, 0) is 17.7 Å². The Balaban J connectivity index is 2.90. The summed E-state index contributed by atoms with van der Waals surface area (Å²) in [5, 5.41) is 21.6. The summed E-state index contributed by atoms with van der Waals surface area (Å²) in [6.07, 6.45) is -0.0869. The van der Waals surface area contributed by atoms with Gasteiger partial charge in [-0.15, -0.1) is 11.6 Å². The standard InChI is InChI=1S/C12H16ClNO5S/c1-20(18,19)9-4-2-8(3-5-9)12(17)10(7-15)14-11(16)6-13/h2-5,10,12,15,17H,6-7H2,1H3,(H,14,16)/t10-,12-/m1/s1. The van der Waals surface area contributed by atoms with Crippen LogP contribution in [0.1, 0.15) is 11.7 Å². The van der Waals surface area contributed by atoms with Gasteiger partial charge in [0.2, 0.25) is 5.91 Å². The predicted octanol–water partition coefficient (Wildman–Crippen LogP) is -0.161. The number of alkyl halides is 1. The lowest BCUT2D eigenvalue weighted by molar-refractivity contribution is -0.120. The molecule has 1 aromatic carbocycles. The maximum absolute atomic E-state index is 11.3. The molecule has 112 valence electrons. The van der Waals surface area contributed by atoms with Gasteiger partial charge >= 0.3 is 0 Å². The SMILES string of the molecule is CS(=O)(=O)c1ccc([C@@H](O)[C@@H](CO)NC(=O)CCl)cc1. The minimum absolute atomic E-state index is 0.124. The minimum Gasteiger partial charge on any atom is -0.394 e. The normalized spacial score (nSPS) is 14.6. The fraction of sp³-hybridized carbons (Fsp3) is 0.417. The molecule has 0 bridgehead atoms. The van der Waals surface area contributed by atoms with E-state index in [4.69, 9.17) is 11.6 Å². The first-order valence-corrected chi connectivity index (χ1v) is 8.16. The summed E-state index contributed by atoms with van der Waals surface area (Å²) >= 11 is 5.33. The van der Waals surface area contributed by atoms with E-state index in [1.165, 1.54) is 24.3 Å². The van der Waals surface area contributed by atoms with Crippen molar-refractivity contribution < 1.29 is 23.4 Å². The van der Waals surface area contributed by atoms with Gasteiger partial charge in [0, 0.05) is 6.26 Å². The number of carbonyl (C=O) groups excluding carboxylic acids is 1. The molecule has 0 radical (unpaired) electrons. The molecule has 0 saturated heterocycles. The summed E-state index contributed by atoms with van der Waals surface area (Å²) in [7, 11) is -3.31. The molecule has 1 amide bonds. The van der Waals surface area contributed by atoms with Crippen LogP contribution in [0, 0.1) is 0 Å². The van der Waals surface area contributed by atoms with Crippen molar-refractivity contribution in [2.24, 2.45) is 0 Å². The number of nitrogens with one attached hydrogen (secondary N) is 1. The largest absolute Gasteiger partial charge is 0.394 e. The van der Waals surface area contributed by atoms with Crippen molar-refractivity contribution in [3.63, 3.8) is 0 Å². The van der Waals surface area contributed by atoms with E-state index >= 15 is 0 Å². The van der Waals surface area contributed by atoms with Crippen LogP contribution in [-0.4, -0.2) is 49.3 Å². The van der Waals surface area contributed by atoms with Crippen molar-refractivity contribution in [1.29, 1.82) is 0 Å². The van der Waals surface area contributed by atoms with Crippen molar-refractivity contribution in [3.8, 4) is 0 Å². The van der Waals surface area contributed by atoms with E-state index in [0.717, 1.165) is 6.26 Å². The molecule has 1 rings (SSSR count). The number of sulfone groups is 1. The Bertz CT molecular complexity index is 558. The molecule has 6 nitrogen and oxygen atoms in total. The van der Waals surface area contributed by atoms with E-state index in [2.05, 4.69) is 5.32 Å². The minimum atomic E-state index is -3.31. The number of benzene rings is 1. The lowest BCUT2D eigenvalue weighted by atomic mass is 10.0. The Morgan fingerprint density at radius 2 is 1.90 bits per heavy atom. The van der Waals surface area contributed by atoms with Crippen LogP contribution in [-0.2, 0) is 14.6 Å². The van der Waals surface area contributed by atoms with Crippen molar-refractivity contribution in [3.05, 3.63) is 29.8 Å². The van der Waals surface area contributed by atoms with Crippen LogP contribution in [0.3, 0.4) is 0 Å². The second kappa shape index (κ2) is 7.03. The number of carbonyl (C=O) groups is 1. The van der Waals surface area contributed by atoms with Crippen molar-refractivity contribution in [2.45, 2.75) is 17.0 Å². The highest BCUT2D eigenvalue weighted by Gasteiger charge is 2.22. The first-order chi connectivity index (χ1) is 9.29. The van der Waals surface area contributed by atoms with E-state index < -0.39 is 34.5 Å². The molecule has 0 fully saturated rings. The zero-order chi connectivity index (χ0) is 15.3. The van der Waals surface area contributed by atoms with Gasteiger partial charge in [0.15, 0.2) is 9.84 Å². The van der Waals surface area contributed by atoms with Crippen LogP contribution in [0.15, 0.2) is 29.2 Å². The van der Waals surface area contributed by atoms with Gasteiger partial charge in [-0.1, -0.05) is 12.1 Å². The summed E-state index contributed by atoms with van der Waals surface area (Å²) in [5.74, 6) is -0.798. The molecule has 0 heterocycles. The number of hydrogen-bond donors (Lipinski definition) is 3. The Morgan fingerprint density at radius 1 is 1.35 bits per heavy atom. The number of amides is 1. The average molecular weight is 322 g/mol. The summed E-state index contributed by atoms with van der Waals surface area (Å²) in [4.78, 5) is 11.3. The molecule has 20 heavy (non-hydrogen) atoms. The molecule has 0 spiro atoms. The van der Waals surface area contributed by atoms with Crippen molar-refractivity contribution in [1.82, 2.24) is 5.32 Å². The number of aliphatic hydroxyl groups is 2. The molecule has 0 aromatic heterocycles. The summed E-state index contributed by atoms with van der Waals surface area (Å²) in [6, 6.07) is 4.65. The molecule has 0 unspecified atom stereocenters. The highest BCUT2D eigenvalue weighted by molar-refractivity contribution is 7.90. The monoisotopic (exact) mass is 321 g/mol. The lowest BCUT2D eigenvalue weighted by Crippen LogP contribution is -2.42. The Hall–Kier alpha value is -1.15. The van der Waals surface area contributed by atoms with Gasteiger partial charge in [0.05, 0.1) is 17.5 Å². The van der Waals surface area contributed by atoms with Gasteiger partial charge in [-0.25, -0.2) is 8.42 Å². The van der Waals surface area contributed by atoms with Gasteiger partial charge < -0.3 is 15.5 Å². The number of hydrogen-bond acceptors (Lipinski definition) is 5. The molecule has 3 N–H and O–H groups in total.